The van der Waals surface area contributed by atoms with E-state index in [0.717, 1.165) is 11.3 Å². The summed E-state index contributed by atoms with van der Waals surface area (Å²) < 4.78 is 0. The Morgan fingerprint density at radius 1 is 1.31 bits per heavy atom. The molecule has 0 aliphatic heterocycles. The lowest BCUT2D eigenvalue weighted by Gasteiger charge is -2.07. The molecule has 84 valence electrons. The topological polar surface area (TPSA) is 12.9 Å². The number of nitrogens with zero attached hydrogens (tertiary/aromatic N) is 1. The van der Waals surface area contributed by atoms with Crippen molar-refractivity contribution >= 4 is 12.2 Å². The van der Waals surface area contributed by atoms with Crippen LogP contribution in [0.3, 0.4) is 0 Å². The molecule has 1 rings (SSSR count). The molecule has 0 radical (unpaired) electrons. The van der Waals surface area contributed by atoms with Gasteiger partial charge in [-0.05, 0) is 30.5 Å². The average Bonchev–Trinajstić information content (AvgIpc) is 2.27. The summed E-state index contributed by atoms with van der Waals surface area (Å²) in [6.07, 6.45) is 11.7. The van der Waals surface area contributed by atoms with Crippen molar-refractivity contribution in [3.05, 3.63) is 53.9 Å². The Kier molecular flexibility index (Phi) is 4.71. The number of aromatic nitrogens is 1. The molecule has 0 fully saturated rings. The van der Waals surface area contributed by atoms with Gasteiger partial charge in [-0.25, -0.2) is 0 Å². The van der Waals surface area contributed by atoms with Crippen LogP contribution in [0.15, 0.2) is 37.1 Å². The van der Waals surface area contributed by atoms with Crippen LogP contribution in [0.25, 0.3) is 12.2 Å². The summed E-state index contributed by atoms with van der Waals surface area (Å²) >= 11 is 0. The van der Waals surface area contributed by atoms with E-state index in [1.165, 1.54) is 5.56 Å². The van der Waals surface area contributed by atoms with E-state index in [-0.39, 0.29) is 0 Å². The number of hydrogen-bond acceptors (Lipinski definition) is 1. The van der Waals surface area contributed by atoms with Gasteiger partial charge in [0.15, 0.2) is 0 Å². The molecule has 16 heavy (non-hydrogen) atoms. The molecule has 0 amide bonds. The fraction of sp³-hybridized carbons (Fsp3) is 0.267. The van der Waals surface area contributed by atoms with E-state index in [0.29, 0.717) is 5.92 Å². The Morgan fingerprint density at radius 3 is 2.62 bits per heavy atom. The fourth-order valence-corrected chi connectivity index (χ4v) is 1.44. The molecule has 0 aliphatic carbocycles. The van der Waals surface area contributed by atoms with Gasteiger partial charge < -0.3 is 0 Å². The summed E-state index contributed by atoms with van der Waals surface area (Å²) in [6.45, 7) is 10.0. The predicted molar refractivity (Wildman–Crippen MR) is 72.3 cm³/mol. The largest absolute Gasteiger partial charge is 0.256 e. The molecule has 0 saturated carbocycles. The first-order chi connectivity index (χ1) is 7.69. The van der Waals surface area contributed by atoms with Crippen LogP contribution < -0.4 is 0 Å². The van der Waals surface area contributed by atoms with Gasteiger partial charge in [-0.2, -0.15) is 0 Å². The van der Waals surface area contributed by atoms with Crippen molar-refractivity contribution in [1.29, 1.82) is 0 Å². The lowest BCUT2D eigenvalue weighted by atomic mass is 10.0. The third kappa shape index (κ3) is 3.20. The molecule has 0 spiro atoms. The second kappa shape index (κ2) is 6.06. The summed E-state index contributed by atoms with van der Waals surface area (Å²) in [4.78, 5) is 4.47. The van der Waals surface area contributed by atoms with E-state index >= 15 is 0 Å². The highest BCUT2D eigenvalue weighted by molar-refractivity contribution is 5.63. The average molecular weight is 213 g/mol. The normalized spacial score (nSPS) is 11.8. The Morgan fingerprint density at radius 2 is 2.06 bits per heavy atom. The zero-order valence-corrected chi connectivity index (χ0v) is 10.3. The van der Waals surface area contributed by atoms with E-state index in [1.807, 2.05) is 31.3 Å². The maximum absolute atomic E-state index is 4.47. The van der Waals surface area contributed by atoms with Crippen molar-refractivity contribution in [3.63, 3.8) is 0 Å². The third-order valence-corrected chi connectivity index (χ3v) is 2.37. The van der Waals surface area contributed by atoms with Crippen molar-refractivity contribution in [2.45, 2.75) is 26.7 Å². The molecule has 1 aromatic rings. The molecule has 0 aromatic carbocycles. The zero-order chi connectivity index (χ0) is 12.0. The minimum Gasteiger partial charge on any atom is -0.256 e. The molecule has 1 nitrogen and oxygen atoms in total. The monoisotopic (exact) mass is 213 g/mol. The number of rotatable bonds is 4. The summed E-state index contributed by atoms with van der Waals surface area (Å²) in [6, 6.07) is 2.19. The summed E-state index contributed by atoms with van der Waals surface area (Å²) in [5.41, 5.74) is 3.41. The van der Waals surface area contributed by atoms with Crippen molar-refractivity contribution in [1.82, 2.24) is 4.98 Å². The third-order valence-electron chi connectivity index (χ3n) is 2.37. The van der Waals surface area contributed by atoms with Gasteiger partial charge in [-0.3, -0.25) is 4.98 Å². The molecule has 0 saturated heterocycles. The van der Waals surface area contributed by atoms with Crippen molar-refractivity contribution in [2.75, 3.05) is 0 Å². The van der Waals surface area contributed by atoms with Crippen molar-refractivity contribution in [2.24, 2.45) is 0 Å². The Labute approximate surface area is 98.2 Å². The highest BCUT2D eigenvalue weighted by atomic mass is 14.7. The molecule has 0 unspecified atom stereocenters. The Balaban J connectivity index is 3.18. The lowest BCUT2D eigenvalue weighted by molar-refractivity contribution is 0.857. The van der Waals surface area contributed by atoms with Gasteiger partial charge in [-0.1, -0.05) is 44.7 Å². The van der Waals surface area contributed by atoms with Gasteiger partial charge in [-0.15, -0.1) is 0 Å². The van der Waals surface area contributed by atoms with Crippen LogP contribution in [0.4, 0.5) is 0 Å². The van der Waals surface area contributed by atoms with Crippen molar-refractivity contribution < 1.29 is 0 Å². The lowest BCUT2D eigenvalue weighted by Crippen LogP contribution is -1.93. The van der Waals surface area contributed by atoms with Gasteiger partial charge in [0.25, 0.3) is 0 Å². The van der Waals surface area contributed by atoms with Gasteiger partial charge in [0, 0.05) is 11.8 Å². The highest BCUT2D eigenvalue weighted by Crippen LogP contribution is 2.18. The first-order valence-electron chi connectivity index (χ1n) is 5.60. The number of allylic oxidation sites excluding steroid dienone is 3. The van der Waals surface area contributed by atoms with Gasteiger partial charge in [0.1, 0.15) is 0 Å². The number of pyridine rings is 1. The highest BCUT2D eigenvalue weighted by Gasteiger charge is 2.03. The SMILES string of the molecule is C=C/C=C\c1ncc(C(C)C)cc1/C=C\C. The van der Waals surface area contributed by atoms with Gasteiger partial charge in [0.2, 0.25) is 0 Å². The molecular formula is C15H19N. The second-order valence-electron chi connectivity index (χ2n) is 3.99. The first-order valence-corrected chi connectivity index (χ1v) is 5.60. The molecular weight excluding hydrogens is 194 g/mol. The predicted octanol–water partition coefficient (Wildman–Crippen LogP) is 4.44. The van der Waals surface area contributed by atoms with Gasteiger partial charge in [0.05, 0.1) is 5.69 Å². The summed E-state index contributed by atoms with van der Waals surface area (Å²) in [5.74, 6) is 0.508. The molecule has 1 heterocycles. The van der Waals surface area contributed by atoms with Crippen LogP contribution in [-0.2, 0) is 0 Å². The van der Waals surface area contributed by atoms with Crippen LogP contribution in [0.2, 0.25) is 0 Å². The van der Waals surface area contributed by atoms with Crippen LogP contribution in [0.5, 0.6) is 0 Å². The standard InChI is InChI=1S/C15H19N/c1-5-7-9-15-13(8-6-2)10-14(11-16-15)12(3)4/h5-12H,1H2,2-4H3/b8-6-,9-7-. The van der Waals surface area contributed by atoms with E-state index in [2.05, 4.69) is 37.6 Å². The first kappa shape index (κ1) is 12.4. The summed E-state index contributed by atoms with van der Waals surface area (Å²) in [7, 11) is 0. The molecule has 0 bridgehead atoms. The van der Waals surface area contributed by atoms with E-state index in [1.54, 1.807) is 6.08 Å². The Hall–Kier alpha value is -1.63. The minimum absolute atomic E-state index is 0.508. The van der Waals surface area contributed by atoms with E-state index < -0.39 is 0 Å². The maximum atomic E-state index is 4.47. The molecule has 0 N–H and O–H groups in total. The maximum Gasteiger partial charge on any atom is 0.0702 e. The molecule has 0 aliphatic rings. The smallest absolute Gasteiger partial charge is 0.0702 e. The van der Waals surface area contributed by atoms with Crippen LogP contribution >= 0.6 is 0 Å². The molecule has 1 aromatic heterocycles. The Bertz CT molecular complexity index is 411. The second-order valence-corrected chi connectivity index (χ2v) is 3.99. The van der Waals surface area contributed by atoms with Crippen LogP contribution in [0, 0.1) is 0 Å². The van der Waals surface area contributed by atoms with Crippen LogP contribution in [-0.4, -0.2) is 4.98 Å². The van der Waals surface area contributed by atoms with Crippen LogP contribution in [0.1, 0.15) is 43.5 Å². The minimum atomic E-state index is 0.508. The van der Waals surface area contributed by atoms with E-state index in [9.17, 15) is 0 Å². The number of hydrogen-bond donors (Lipinski definition) is 0. The zero-order valence-electron chi connectivity index (χ0n) is 10.3. The fourth-order valence-electron chi connectivity index (χ4n) is 1.44. The molecule has 1 heteroatoms. The molecule has 0 atom stereocenters. The van der Waals surface area contributed by atoms with E-state index in [4.69, 9.17) is 0 Å². The summed E-state index contributed by atoms with van der Waals surface area (Å²) in [5, 5.41) is 0. The van der Waals surface area contributed by atoms with Crippen molar-refractivity contribution in [3.8, 4) is 0 Å². The van der Waals surface area contributed by atoms with Gasteiger partial charge >= 0.3 is 0 Å². The quantitative estimate of drug-likeness (QED) is 0.674.